The Balaban J connectivity index is 1.56. The van der Waals surface area contributed by atoms with Gasteiger partial charge in [-0.15, -0.1) is 0 Å². The van der Waals surface area contributed by atoms with Crippen LogP contribution in [0.15, 0.2) is 30.7 Å². The molecule has 25 heavy (non-hydrogen) atoms. The molecule has 0 aliphatic carbocycles. The average Bonchev–Trinajstić information content (AvgIpc) is 3.13. The number of carbonyl (C=O) groups excluding carboxylic acids is 2. The van der Waals surface area contributed by atoms with Crippen molar-refractivity contribution in [3.05, 3.63) is 42.0 Å². The average molecular weight is 343 g/mol. The smallest absolute Gasteiger partial charge is 0.244 e. The minimum Gasteiger partial charge on any atom is -0.353 e. The highest BCUT2D eigenvalue weighted by atomic mass is 16.2. The molecule has 3 rings (SSSR count). The van der Waals surface area contributed by atoms with E-state index in [0.717, 1.165) is 50.4 Å². The van der Waals surface area contributed by atoms with E-state index >= 15 is 0 Å². The van der Waals surface area contributed by atoms with E-state index in [4.69, 9.17) is 0 Å². The highest BCUT2D eigenvalue weighted by Gasteiger charge is 2.20. The predicted octanol–water partition coefficient (Wildman–Crippen LogP) is 1.16. The summed E-state index contributed by atoms with van der Waals surface area (Å²) in [5.74, 6) is 0.205. The Labute approximate surface area is 147 Å². The van der Waals surface area contributed by atoms with Crippen LogP contribution in [0.4, 0.5) is 0 Å². The summed E-state index contributed by atoms with van der Waals surface area (Å²) in [6.45, 7) is 5.98. The molecule has 0 radical (unpaired) electrons. The van der Waals surface area contributed by atoms with Crippen LogP contribution in [0.3, 0.4) is 0 Å². The fourth-order valence-corrected chi connectivity index (χ4v) is 3.20. The summed E-state index contributed by atoms with van der Waals surface area (Å²) >= 11 is 0. The van der Waals surface area contributed by atoms with Crippen molar-refractivity contribution in [2.24, 2.45) is 7.05 Å². The summed E-state index contributed by atoms with van der Waals surface area (Å²) in [6.07, 6.45) is 6.33. The Bertz CT molecular complexity index is 735. The molecular formula is C18H25N5O2. The normalized spacial score (nSPS) is 16.0. The fourth-order valence-electron chi connectivity index (χ4n) is 3.20. The van der Waals surface area contributed by atoms with Crippen molar-refractivity contribution in [1.29, 1.82) is 0 Å². The first-order valence-electron chi connectivity index (χ1n) is 8.66. The number of ketones is 1. The lowest BCUT2D eigenvalue weighted by atomic mass is 10.2. The van der Waals surface area contributed by atoms with E-state index in [2.05, 4.69) is 10.00 Å². The van der Waals surface area contributed by atoms with E-state index in [9.17, 15) is 9.59 Å². The maximum Gasteiger partial charge on any atom is 0.244 e. The number of hydrogen-bond donors (Lipinski definition) is 0. The number of rotatable bonds is 5. The van der Waals surface area contributed by atoms with Crippen molar-refractivity contribution >= 4 is 11.7 Å². The molecule has 0 bridgehead atoms. The van der Waals surface area contributed by atoms with Gasteiger partial charge >= 0.3 is 0 Å². The molecule has 1 fully saturated rings. The summed E-state index contributed by atoms with van der Waals surface area (Å²) < 4.78 is 3.68. The van der Waals surface area contributed by atoms with E-state index in [1.165, 1.54) is 0 Å². The molecule has 1 saturated heterocycles. The van der Waals surface area contributed by atoms with Crippen LogP contribution in [0.1, 0.15) is 29.4 Å². The van der Waals surface area contributed by atoms with Gasteiger partial charge in [0.2, 0.25) is 5.91 Å². The molecule has 7 heteroatoms. The van der Waals surface area contributed by atoms with Gasteiger partial charge in [-0.1, -0.05) is 0 Å². The van der Waals surface area contributed by atoms with Crippen molar-refractivity contribution in [1.82, 2.24) is 24.1 Å². The highest BCUT2D eigenvalue weighted by Crippen LogP contribution is 2.13. The van der Waals surface area contributed by atoms with Crippen molar-refractivity contribution in [2.75, 3.05) is 26.2 Å². The van der Waals surface area contributed by atoms with Gasteiger partial charge in [0.1, 0.15) is 6.54 Å². The van der Waals surface area contributed by atoms with Gasteiger partial charge in [0.25, 0.3) is 0 Å². The summed E-state index contributed by atoms with van der Waals surface area (Å²) in [5.41, 5.74) is 1.88. The lowest BCUT2D eigenvalue weighted by Gasteiger charge is -2.22. The molecule has 1 aliphatic rings. The number of carbonyl (C=O) groups is 2. The van der Waals surface area contributed by atoms with Crippen LogP contribution < -0.4 is 0 Å². The topological polar surface area (TPSA) is 63.4 Å². The zero-order valence-corrected chi connectivity index (χ0v) is 14.9. The molecule has 2 aromatic rings. The zero-order valence-electron chi connectivity index (χ0n) is 14.9. The van der Waals surface area contributed by atoms with Crippen molar-refractivity contribution in [3.8, 4) is 0 Å². The van der Waals surface area contributed by atoms with Gasteiger partial charge in [-0.2, -0.15) is 5.10 Å². The standard InChI is InChI=1S/C18H25N5O2/c1-15(24)16-11-17(20(2)12-16)13-21-6-4-7-22(10-9-21)18(25)14-23-8-3-5-19-23/h3,5,8,11-12H,4,6-7,9-10,13-14H2,1-2H3. The van der Waals surface area contributed by atoms with Crippen LogP contribution in [-0.4, -0.2) is 62.0 Å². The SMILES string of the molecule is CC(=O)c1cc(CN2CCCN(C(=O)Cn3cccn3)CC2)n(C)c1. The third-order valence-electron chi connectivity index (χ3n) is 4.70. The first-order chi connectivity index (χ1) is 12.0. The first kappa shape index (κ1) is 17.4. The van der Waals surface area contributed by atoms with E-state index in [0.29, 0.717) is 6.54 Å². The van der Waals surface area contributed by atoms with Crippen molar-refractivity contribution in [2.45, 2.75) is 26.4 Å². The summed E-state index contributed by atoms with van der Waals surface area (Å²) in [7, 11) is 1.97. The Kier molecular flexibility index (Phi) is 5.33. The maximum absolute atomic E-state index is 12.4. The van der Waals surface area contributed by atoms with E-state index < -0.39 is 0 Å². The summed E-state index contributed by atoms with van der Waals surface area (Å²) in [6, 6.07) is 3.79. The summed E-state index contributed by atoms with van der Waals surface area (Å²) in [5, 5.41) is 4.10. The molecule has 0 saturated carbocycles. The second kappa shape index (κ2) is 7.65. The lowest BCUT2D eigenvalue weighted by Crippen LogP contribution is -2.37. The Hall–Kier alpha value is -2.41. The van der Waals surface area contributed by atoms with Crippen LogP contribution in [0.5, 0.6) is 0 Å². The molecule has 1 aliphatic heterocycles. The van der Waals surface area contributed by atoms with Gasteiger partial charge in [-0.05, 0) is 25.5 Å². The minimum absolute atomic E-state index is 0.0908. The third-order valence-corrected chi connectivity index (χ3v) is 4.70. The summed E-state index contributed by atoms with van der Waals surface area (Å²) in [4.78, 5) is 28.2. The molecule has 7 nitrogen and oxygen atoms in total. The molecule has 134 valence electrons. The van der Waals surface area contributed by atoms with Crippen molar-refractivity contribution < 1.29 is 9.59 Å². The fraction of sp³-hybridized carbons (Fsp3) is 0.500. The van der Waals surface area contributed by atoms with Gasteiger partial charge in [0, 0.05) is 69.6 Å². The van der Waals surface area contributed by atoms with Crippen LogP contribution >= 0.6 is 0 Å². The van der Waals surface area contributed by atoms with Crippen LogP contribution in [-0.2, 0) is 24.9 Å². The number of aryl methyl sites for hydroxylation is 1. The largest absolute Gasteiger partial charge is 0.353 e. The molecule has 0 N–H and O–H groups in total. The highest BCUT2D eigenvalue weighted by molar-refractivity contribution is 5.94. The molecule has 0 spiro atoms. The number of hydrogen-bond acceptors (Lipinski definition) is 4. The van der Waals surface area contributed by atoms with Gasteiger partial charge in [0.05, 0.1) is 0 Å². The molecule has 2 aromatic heterocycles. The quantitative estimate of drug-likeness (QED) is 0.764. The first-order valence-corrected chi connectivity index (χ1v) is 8.66. The Morgan fingerprint density at radius 2 is 2.04 bits per heavy atom. The van der Waals surface area contributed by atoms with Gasteiger partial charge in [-0.25, -0.2) is 0 Å². The van der Waals surface area contributed by atoms with Gasteiger partial charge < -0.3 is 9.47 Å². The lowest BCUT2D eigenvalue weighted by molar-refractivity contribution is -0.131. The predicted molar refractivity (Wildman–Crippen MR) is 94.1 cm³/mol. The molecule has 0 aromatic carbocycles. The Morgan fingerprint density at radius 1 is 1.20 bits per heavy atom. The number of aromatic nitrogens is 3. The number of Topliss-reactive ketones (excluding diaryl/α,β-unsaturated/α-hetero) is 1. The molecule has 0 atom stereocenters. The molecule has 0 unspecified atom stereocenters. The van der Waals surface area contributed by atoms with E-state index in [1.54, 1.807) is 17.8 Å². The molecule has 3 heterocycles. The second-order valence-electron chi connectivity index (χ2n) is 6.60. The van der Waals surface area contributed by atoms with Crippen molar-refractivity contribution in [3.63, 3.8) is 0 Å². The van der Waals surface area contributed by atoms with Crippen LogP contribution in [0.2, 0.25) is 0 Å². The molecule has 1 amide bonds. The van der Waals surface area contributed by atoms with E-state index in [-0.39, 0.29) is 11.7 Å². The Morgan fingerprint density at radius 3 is 2.72 bits per heavy atom. The van der Waals surface area contributed by atoms with E-state index in [1.807, 2.05) is 41.0 Å². The zero-order chi connectivity index (χ0) is 17.8. The van der Waals surface area contributed by atoms with Gasteiger partial charge in [-0.3, -0.25) is 19.2 Å². The van der Waals surface area contributed by atoms with Gasteiger partial charge in [0.15, 0.2) is 5.78 Å². The monoisotopic (exact) mass is 343 g/mol. The maximum atomic E-state index is 12.4. The number of amides is 1. The third kappa shape index (κ3) is 4.36. The van der Waals surface area contributed by atoms with Crippen LogP contribution in [0.25, 0.3) is 0 Å². The number of nitrogens with zero attached hydrogens (tertiary/aromatic N) is 5. The van der Waals surface area contributed by atoms with Crippen LogP contribution in [0, 0.1) is 0 Å². The second-order valence-corrected chi connectivity index (χ2v) is 6.60. The minimum atomic E-state index is 0.0908. The molecular weight excluding hydrogens is 318 g/mol.